The number of benzene rings is 2. The topological polar surface area (TPSA) is 49.4 Å². The fourth-order valence-corrected chi connectivity index (χ4v) is 4.14. The van der Waals surface area contributed by atoms with Gasteiger partial charge in [0.05, 0.1) is 4.90 Å². The van der Waals surface area contributed by atoms with E-state index >= 15 is 0 Å². The minimum Gasteiger partial charge on any atom is -0.306 e. The Bertz CT molecular complexity index is 835. The number of rotatable bonds is 8. The summed E-state index contributed by atoms with van der Waals surface area (Å²) in [6, 6.07) is 10.4. The van der Waals surface area contributed by atoms with Crippen LogP contribution < -0.4 is 5.32 Å². The summed E-state index contributed by atoms with van der Waals surface area (Å²) in [6.45, 7) is 6.75. The molecule has 2 rings (SSSR count). The summed E-state index contributed by atoms with van der Waals surface area (Å²) in [5.41, 5.74) is 1.54. The van der Waals surface area contributed by atoms with Crippen LogP contribution in [-0.4, -0.2) is 25.8 Å². The van der Waals surface area contributed by atoms with Crippen molar-refractivity contribution in [3.63, 3.8) is 0 Å². The number of sulfonamides is 1. The summed E-state index contributed by atoms with van der Waals surface area (Å²) in [7, 11) is -3.47. The Kier molecular flexibility index (Phi) is 6.86. The fraction of sp³-hybridized carbons (Fsp3) is 0.368. The second kappa shape index (κ2) is 8.70. The van der Waals surface area contributed by atoms with Crippen LogP contribution in [0.4, 0.5) is 8.78 Å². The van der Waals surface area contributed by atoms with E-state index in [0.29, 0.717) is 25.2 Å². The van der Waals surface area contributed by atoms with Crippen molar-refractivity contribution in [1.29, 1.82) is 0 Å². The third kappa shape index (κ3) is 4.66. The van der Waals surface area contributed by atoms with Crippen LogP contribution in [0.3, 0.4) is 0 Å². The molecule has 0 heterocycles. The molecule has 0 radical (unpaired) electrons. The van der Waals surface area contributed by atoms with Gasteiger partial charge in [0.25, 0.3) is 0 Å². The fourth-order valence-electron chi connectivity index (χ4n) is 2.68. The maximum Gasteiger partial charge on any atom is 0.243 e. The van der Waals surface area contributed by atoms with Crippen LogP contribution in [0.2, 0.25) is 0 Å². The van der Waals surface area contributed by atoms with Crippen LogP contribution >= 0.6 is 0 Å². The number of hydrogen-bond acceptors (Lipinski definition) is 3. The molecule has 0 aliphatic heterocycles. The van der Waals surface area contributed by atoms with Crippen molar-refractivity contribution >= 4 is 10.0 Å². The summed E-state index contributed by atoms with van der Waals surface area (Å²) in [6.07, 6.45) is 0. The van der Waals surface area contributed by atoms with Crippen molar-refractivity contribution in [2.75, 3.05) is 13.1 Å². The van der Waals surface area contributed by atoms with E-state index in [1.807, 2.05) is 6.92 Å². The van der Waals surface area contributed by atoms with Gasteiger partial charge in [0.15, 0.2) is 11.6 Å². The molecule has 0 saturated carbocycles. The molecule has 0 aromatic heterocycles. The number of nitrogens with one attached hydrogen (secondary N) is 1. The molecular weight excluding hydrogens is 358 g/mol. The van der Waals surface area contributed by atoms with Crippen LogP contribution in [0, 0.1) is 11.6 Å². The van der Waals surface area contributed by atoms with Crippen LogP contribution in [0.1, 0.15) is 37.9 Å². The molecule has 0 aliphatic carbocycles. The zero-order chi connectivity index (χ0) is 19.3. The van der Waals surface area contributed by atoms with Crippen molar-refractivity contribution < 1.29 is 17.2 Å². The van der Waals surface area contributed by atoms with E-state index in [-0.39, 0.29) is 10.9 Å². The third-order valence-corrected chi connectivity index (χ3v) is 6.38. The molecule has 142 valence electrons. The monoisotopic (exact) mass is 382 g/mol. The molecule has 0 unspecified atom stereocenters. The van der Waals surface area contributed by atoms with Crippen LogP contribution in [0.15, 0.2) is 47.4 Å². The average molecular weight is 382 g/mol. The normalized spacial score (nSPS) is 13.2. The van der Waals surface area contributed by atoms with E-state index < -0.39 is 21.7 Å². The molecule has 0 fully saturated rings. The first-order chi connectivity index (χ1) is 12.3. The largest absolute Gasteiger partial charge is 0.306 e. The lowest BCUT2D eigenvalue weighted by molar-refractivity contribution is 0.445. The lowest BCUT2D eigenvalue weighted by Gasteiger charge is -2.19. The van der Waals surface area contributed by atoms with E-state index in [9.17, 15) is 17.2 Å². The quantitative estimate of drug-likeness (QED) is 0.755. The van der Waals surface area contributed by atoms with E-state index in [1.54, 1.807) is 38.1 Å². The predicted octanol–water partition coefficient (Wildman–Crippen LogP) is 3.85. The first-order valence-electron chi connectivity index (χ1n) is 8.57. The molecule has 0 spiro atoms. The number of nitrogens with zero attached hydrogens (tertiary/aromatic N) is 1. The van der Waals surface area contributed by atoms with Crippen molar-refractivity contribution in [2.45, 2.75) is 38.3 Å². The van der Waals surface area contributed by atoms with Crippen molar-refractivity contribution in [2.24, 2.45) is 0 Å². The molecule has 1 N–H and O–H groups in total. The highest BCUT2D eigenvalue weighted by molar-refractivity contribution is 7.89. The standard InChI is InChI=1S/C19H24F2N2O2S/c1-4-23(5-2)26(24,25)17-9-7-16(8-10-17)14(3)22-13-15-6-11-18(20)19(21)12-15/h6-12,14,22H,4-5,13H2,1-3H3/t14-/m0/s1. The lowest BCUT2D eigenvalue weighted by Crippen LogP contribution is -2.30. The van der Waals surface area contributed by atoms with Gasteiger partial charge in [-0.25, -0.2) is 17.2 Å². The van der Waals surface area contributed by atoms with Crippen LogP contribution in [-0.2, 0) is 16.6 Å². The van der Waals surface area contributed by atoms with Gasteiger partial charge >= 0.3 is 0 Å². The van der Waals surface area contributed by atoms with Gasteiger partial charge in [0.2, 0.25) is 10.0 Å². The van der Waals surface area contributed by atoms with Gasteiger partial charge in [-0.1, -0.05) is 32.0 Å². The molecular formula is C19H24F2N2O2S. The highest BCUT2D eigenvalue weighted by Gasteiger charge is 2.21. The number of hydrogen-bond donors (Lipinski definition) is 1. The molecule has 2 aromatic rings. The lowest BCUT2D eigenvalue weighted by atomic mass is 10.1. The third-order valence-electron chi connectivity index (χ3n) is 4.32. The van der Waals surface area contributed by atoms with E-state index in [0.717, 1.165) is 17.7 Å². The maximum atomic E-state index is 13.2. The van der Waals surface area contributed by atoms with Gasteiger partial charge < -0.3 is 5.32 Å². The van der Waals surface area contributed by atoms with Crippen LogP contribution in [0.5, 0.6) is 0 Å². The second-order valence-electron chi connectivity index (χ2n) is 6.01. The van der Waals surface area contributed by atoms with Crippen molar-refractivity contribution in [3.05, 3.63) is 65.2 Å². The van der Waals surface area contributed by atoms with E-state index in [4.69, 9.17) is 0 Å². The highest BCUT2D eigenvalue weighted by Crippen LogP contribution is 2.20. The minimum atomic E-state index is -3.47. The maximum absolute atomic E-state index is 13.2. The van der Waals surface area contributed by atoms with Gasteiger partial charge in [0.1, 0.15) is 0 Å². The van der Waals surface area contributed by atoms with Crippen molar-refractivity contribution in [3.8, 4) is 0 Å². The zero-order valence-corrected chi connectivity index (χ0v) is 16.0. The molecule has 0 aliphatic rings. The molecule has 0 saturated heterocycles. The van der Waals surface area contributed by atoms with E-state index in [1.165, 1.54) is 10.4 Å². The van der Waals surface area contributed by atoms with Gasteiger partial charge in [-0.15, -0.1) is 0 Å². The molecule has 7 heteroatoms. The van der Waals surface area contributed by atoms with E-state index in [2.05, 4.69) is 5.32 Å². The Hall–Kier alpha value is -1.83. The molecule has 2 aromatic carbocycles. The van der Waals surface area contributed by atoms with Gasteiger partial charge in [-0.2, -0.15) is 4.31 Å². The Morgan fingerprint density at radius 3 is 2.15 bits per heavy atom. The van der Waals surface area contributed by atoms with Crippen molar-refractivity contribution in [1.82, 2.24) is 9.62 Å². The first kappa shape index (κ1) is 20.5. The molecule has 0 bridgehead atoms. The molecule has 1 atom stereocenters. The van der Waals surface area contributed by atoms with Gasteiger partial charge in [-0.3, -0.25) is 0 Å². The Labute approximate surface area is 153 Å². The summed E-state index contributed by atoms with van der Waals surface area (Å²) < 4.78 is 52.6. The average Bonchev–Trinajstić information content (AvgIpc) is 2.63. The minimum absolute atomic E-state index is 0.0756. The molecule has 4 nitrogen and oxygen atoms in total. The summed E-state index contributed by atoms with van der Waals surface area (Å²) in [5, 5.41) is 3.22. The smallest absolute Gasteiger partial charge is 0.243 e. The second-order valence-corrected chi connectivity index (χ2v) is 7.95. The van der Waals surface area contributed by atoms with Gasteiger partial charge in [-0.05, 0) is 42.3 Å². The summed E-state index contributed by atoms with van der Waals surface area (Å²) >= 11 is 0. The summed E-state index contributed by atoms with van der Waals surface area (Å²) in [5.74, 6) is -1.74. The summed E-state index contributed by atoms with van der Waals surface area (Å²) in [4.78, 5) is 0.262. The van der Waals surface area contributed by atoms with Gasteiger partial charge in [0, 0.05) is 25.7 Å². The Balaban J connectivity index is 2.06. The Morgan fingerprint density at radius 1 is 1.00 bits per heavy atom. The zero-order valence-electron chi connectivity index (χ0n) is 15.2. The molecule has 26 heavy (non-hydrogen) atoms. The number of halogens is 2. The first-order valence-corrected chi connectivity index (χ1v) is 10.0. The Morgan fingerprint density at radius 2 is 1.62 bits per heavy atom. The predicted molar refractivity (Wildman–Crippen MR) is 98.2 cm³/mol. The molecule has 0 amide bonds. The SMILES string of the molecule is CCN(CC)S(=O)(=O)c1ccc([C@H](C)NCc2ccc(F)c(F)c2)cc1. The van der Waals surface area contributed by atoms with Crippen LogP contribution in [0.25, 0.3) is 0 Å². The highest BCUT2D eigenvalue weighted by atomic mass is 32.2.